The molecule has 0 amide bonds. The van der Waals surface area contributed by atoms with Crippen molar-refractivity contribution in [1.82, 2.24) is 9.55 Å². The zero-order valence-electron chi connectivity index (χ0n) is 17.4. The number of aromatic nitrogens is 2. The minimum absolute atomic E-state index is 0.0743. The lowest BCUT2D eigenvalue weighted by Crippen LogP contribution is -2.22. The molecule has 0 saturated carbocycles. The fourth-order valence-corrected chi connectivity index (χ4v) is 6.38. The lowest BCUT2D eigenvalue weighted by Gasteiger charge is -2.18. The molecular weight excluding hydrogens is 400 g/mol. The molecule has 6 heteroatoms. The second-order valence-electron chi connectivity index (χ2n) is 7.82. The molecule has 1 aromatic carbocycles. The summed E-state index contributed by atoms with van der Waals surface area (Å²) >= 11 is 3.42. The molecule has 0 aliphatic heterocycles. The molecule has 0 N–H and O–H groups in total. The fraction of sp³-hybridized carbons (Fsp3) is 0.478. The first kappa shape index (κ1) is 20.5. The number of methoxy groups -OCH3 is 1. The predicted molar refractivity (Wildman–Crippen MR) is 123 cm³/mol. The molecule has 2 aromatic heterocycles. The van der Waals surface area contributed by atoms with Crippen molar-refractivity contribution < 1.29 is 4.74 Å². The Hall–Kier alpha value is -1.79. The summed E-state index contributed by atoms with van der Waals surface area (Å²) in [6.07, 6.45) is 6.72. The van der Waals surface area contributed by atoms with Crippen LogP contribution in [0.5, 0.6) is 5.75 Å². The average Bonchev–Trinajstić information content (AvgIpc) is 3.09. The molecule has 1 aliphatic carbocycles. The Bertz CT molecular complexity index is 1050. The van der Waals surface area contributed by atoms with E-state index in [0.717, 1.165) is 58.2 Å². The van der Waals surface area contributed by atoms with Gasteiger partial charge in [0.1, 0.15) is 10.6 Å². The van der Waals surface area contributed by atoms with Crippen LogP contribution in [-0.2, 0) is 12.8 Å². The van der Waals surface area contributed by atoms with Crippen molar-refractivity contribution in [3.05, 3.63) is 45.1 Å². The molecule has 3 aromatic rings. The van der Waals surface area contributed by atoms with Crippen LogP contribution in [0.1, 0.15) is 50.0 Å². The Balaban J connectivity index is 1.84. The summed E-state index contributed by atoms with van der Waals surface area (Å²) in [6.45, 7) is 4.50. The minimum atomic E-state index is 0.0743. The van der Waals surface area contributed by atoms with Gasteiger partial charge in [-0.05, 0) is 61.4 Å². The first-order valence-electron chi connectivity index (χ1n) is 10.5. The third-order valence-corrected chi connectivity index (χ3v) is 7.78. The smallest absolute Gasteiger partial charge is 0.267 e. The molecule has 0 spiro atoms. The second-order valence-corrected chi connectivity index (χ2v) is 9.97. The molecular formula is C23H28N2O2S2. The summed E-state index contributed by atoms with van der Waals surface area (Å²) in [4.78, 5) is 21.0. The topological polar surface area (TPSA) is 44.1 Å². The number of fused-ring (bicyclic) bond motifs is 3. The van der Waals surface area contributed by atoms with Crippen molar-refractivity contribution in [2.45, 2.75) is 57.5 Å². The molecule has 154 valence electrons. The number of benzene rings is 1. The van der Waals surface area contributed by atoms with Gasteiger partial charge in [0, 0.05) is 10.6 Å². The van der Waals surface area contributed by atoms with Gasteiger partial charge in [0.15, 0.2) is 5.16 Å². The van der Waals surface area contributed by atoms with Gasteiger partial charge in [-0.3, -0.25) is 9.36 Å². The standard InChI is InChI=1S/C23H28N2O2S2/c1-4-5-6-13-28-23-24-21-20(18-12-7-15(2)14-19(18)29-21)22(26)25(23)16-8-10-17(27-3)11-9-16/h8-11,15H,4-7,12-14H2,1-3H3/t15-/m0/s1. The zero-order valence-corrected chi connectivity index (χ0v) is 19.0. The van der Waals surface area contributed by atoms with Crippen LogP contribution in [0.25, 0.3) is 15.9 Å². The highest BCUT2D eigenvalue weighted by Crippen LogP contribution is 2.37. The summed E-state index contributed by atoms with van der Waals surface area (Å²) in [5.41, 5.74) is 2.17. The second kappa shape index (κ2) is 8.92. The third-order valence-electron chi connectivity index (χ3n) is 5.61. The highest BCUT2D eigenvalue weighted by atomic mass is 32.2. The third kappa shape index (κ3) is 4.10. The first-order chi connectivity index (χ1) is 14.1. The van der Waals surface area contributed by atoms with E-state index >= 15 is 0 Å². The van der Waals surface area contributed by atoms with Crippen LogP contribution >= 0.6 is 23.1 Å². The van der Waals surface area contributed by atoms with Crippen molar-refractivity contribution in [3.8, 4) is 11.4 Å². The Morgan fingerprint density at radius 2 is 2.07 bits per heavy atom. The molecule has 0 unspecified atom stereocenters. The van der Waals surface area contributed by atoms with E-state index in [2.05, 4.69) is 13.8 Å². The SMILES string of the molecule is CCCCCSc1nc2sc3c(c2c(=O)n1-c1ccc(OC)cc1)CC[C@H](C)C3. The normalized spacial score (nSPS) is 16.2. The number of nitrogens with zero attached hydrogens (tertiary/aromatic N) is 2. The van der Waals surface area contributed by atoms with E-state index in [9.17, 15) is 4.79 Å². The van der Waals surface area contributed by atoms with Gasteiger partial charge in [0.25, 0.3) is 5.56 Å². The van der Waals surface area contributed by atoms with Crippen molar-refractivity contribution in [2.24, 2.45) is 5.92 Å². The summed E-state index contributed by atoms with van der Waals surface area (Å²) in [5, 5.41) is 1.64. The summed E-state index contributed by atoms with van der Waals surface area (Å²) in [7, 11) is 1.66. The van der Waals surface area contributed by atoms with Crippen molar-refractivity contribution in [1.29, 1.82) is 0 Å². The van der Waals surface area contributed by atoms with Gasteiger partial charge in [0.2, 0.25) is 0 Å². The molecule has 1 atom stereocenters. The maximum Gasteiger partial charge on any atom is 0.267 e. The van der Waals surface area contributed by atoms with Crippen LogP contribution in [0, 0.1) is 5.92 Å². The van der Waals surface area contributed by atoms with E-state index < -0.39 is 0 Å². The average molecular weight is 429 g/mol. The van der Waals surface area contributed by atoms with Gasteiger partial charge in [0.05, 0.1) is 18.2 Å². The van der Waals surface area contributed by atoms with Crippen molar-refractivity contribution in [3.63, 3.8) is 0 Å². The molecule has 1 aliphatic rings. The number of rotatable bonds is 7. The van der Waals surface area contributed by atoms with Crippen LogP contribution < -0.4 is 10.3 Å². The number of aryl methyl sites for hydroxylation is 1. The lowest BCUT2D eigenvalue weighted by molar-refractivity contribution is 0.414. The van der Waals surface area contributed by atoms with Crippen molar-refractivity contribution in [2.75, 3.05) is 12.9 Å². The molecule has 4 nitrogen and oxygen atoms in total. The number of unbranched alkanes of at least 4 members (excludes halogenated alkanes) is 2. The Morgan fingerprint density at radius 3 is 2.79 bits per heavy atom. The summed E-state index contributed by atoms with van der Waals surface area (Å²) in [5.74, 6) is 2.45. The molecule has 0 saturated heterocycles. The predicted octanol–water partition coefficient (Wildman–Crippen LogP) is 5.86. The Labute approximate surface area is 180 Å². The largest absolute Gasteiger partial charge is 0.497 e. The van der Waals surface area contributed by atoms with E-state index in [0.29, 0.717) is 5.92 Å². The fourth-order valence-electron chi connectivity index (χ4n) is 3.94. The quantitative estimate of drug-likeness (QED) is 0.268. The maximum atomic E-state index is 13.7. The van der Waals surface area contributed by atoms with Gasteiger partial charge >= 0.3 is 0 Å². The molecule has 2 heterocycles. The van der Waals surface area contributed by atoms with E-state index in [1.807, 2.05) is 28.8 Å². The first-order valence-corrected chi connectivity index (χ1v) is 12.3. The number of hydrogen-bond acceptors (Lipinski definition) is 5. The molecule has 4 rings (SSSR count). The molecule has 0 radical (unpaired) electrons. The van der Waals surface area contributed by atoms with Gasteiger partial charge in [-0.1, -0.05) is 38.5 Å². The number of hydrogen-bond donors (Lipinski definition) is 0. The van der Waals surface area contributed by atoms with Gasteiger partial charge in [-0.25, -0.2) is 4.98 Å². The van der Waals surface area contributed by atoms with Crippen LogP contribution in [-0.4, -0.2) is 22.4 Å². The van der Waals surface area contributed by atoms with Gasteiger partial charge in [-0.15, -0.1) is 11.3 Å². The Kier molecular flexibility index (Phi) is 6.30. The van der Waals surface area contributed by atoms with Crippen LogP contribution in [0.15, 0.2) is 34.2 Å². The molecule has 0 fully saturated rings. The highest BCUT2D eigenvalue weighted by molar-refractivity contribution is 7.99. The van der Waals surface area contributed by atoms with E-state index in [1.165, 1.54) is 23.3 Å². The minimum Gasteiger partial charge on any atom is -0.497 e. The van der Waals surface area contributed by atoms with E-state index in [-0.39, 0.29) is 5.56 Å². The highest BCUT2D eigenvalue weighted by Gasteiger charge is 2.25. The van der Waals surface area contributed by atoms with Crippen LogP contribution in [0.2, 0.25) is 0 Å². The molecule has 0 bridgehead atoms. The van der Waals surface area contributed by atoms with Gasteiger partial charge < -0.3 is 4.74 Å². The van der Waals surface area contributed by atoms with Crippen molar-refractivity contribution >= 4 is 33.3 Å². The zero-order chi connectivity index (χ0) is 20.4. The summed E-state index contributed by atoms with van der Waals surface area (Å²) < 4.78 is 7.10. The van der Waals surface area contributed by atoms with E-state index in [1.54, 1.807) is 30.2 Å². The van der Waals surface area contributed by atoms with Gasteiger partial charge in [-0.2, -0.15) is 0 Å². The number of ether oxygens (including phenoxy) is 1. The monoisotopic (exact) mass is 428 g/mol. The summed E-state index contributed by atoms with van der Waals surface area (Å²) in [6, 6.07) is 7.71. The Morgan fingerprint density at radius 1 is 1.28 bits per heavy atom. The maximum absolute atomic E-state index is 13.7. The van der Waals surface area contributed by atoms with Crippen LogP contribution in [0.4, 0.5) is 0 Å². The number of thioether (sulfide) groups is 1. The molecule has 29 heavy (non-hydrogen) atoms. The number of thiophene rings is 1. The lowest BCUT2D eigenvalue weighted by atomic mass is 9.89. The van der Waals surface area contributed by atoms with E-state index in [4.69, 9.17) is 9.72 Å². The van der Waals surface area contributed by atoms with Crippen LogP contribution in [0.3, 0.4) is 0 Å².